The number of thioether (sulfide) groups is 1. The average Bonchev–Trinajstić information content (AvgIpc) is 2.86. The second kappa shape index (κ2) is 3.16. The third-order valence-electron chi connectivity index (χ3n) is 4.47. The van der Waals surface area contributed by atoms with Crippen LogP contribution in [-0.4, -0.2) is 11.5 Å². The summed E-state index contributed by atoms with van der Waals surface area (Å²) >= 11 is 2.18. The first-order valence-corrected chi connectivity index (χ1v) is 6.92. The first kappa shape index (κ1) is 9.08. The first-order valence-electron chi connectivity index (χ1n) is 5.77. The van der Waals surface area contributed by atoms with Gasteiger partial charge in [-0.05, 0) is 66.6 Å². The van der Waals surface area contributed by atoms with Gasteiger partial charge in [0.2, 0.25) is 0 Å². The number of fused-ring (bicyclic) bond motifs is 5. The lowest BCUT2D eigenvalue weighted by atomic mass is 9.76. The Hall–Kier alpha value is -0.170. The molecule has 0 aromatic heterocycles. The van der Waals surface area contributed by atoms with E-state index < -0.39 is 0 Å². The highest BCUT2D eigenvalue weighted by molar-refractivity contribution is 7.99. The quantitative estimate of drug-likeness (QED) is 0.584. The summed E-state index contributed by atoms with van der Waals surface area (Å²) in [5.41, 5.74) is 3.39. The Bertz CT molecular complexity index is 283. The van der Waals surface area contributed by atoms with Crippen LogP contribution in [-0.2, 0) is 0 Å². The first-order chi connectivity index (χ1) is 6.86. The molecule has 0 N–H and O–H groups in total. The molecule has 2 saturated carbocycles. The van der Waals surface area contributed by atoms with Gasteiger partial charge < -0.3 is 0 Å². The van der Waals surface area contributed by atoms with E-state index in [1.54, 1.807) is 11.1 Å². The molecule has 14 heavy (non-hydrogen) atoms. The molecular formula is C13H18S. The molecule has 2 aliphatic carbocycles. The minimum absolute atomic E-state index is 0.927. The Kier molecular flexibility index (Phi) is 2.05. The van der Waals surface area contributed by atoms with Crippen molar-refractivity contribution in [1.29, 1.82) is 0 Å². The van der Waals surface area contributed by atoms with E-state index in [1.165, 1.54) is 17.9 Å². The summed E-state index contributed by atoms with van der Waals surface area (Å²) < 4.78 is 0. The molecule has 1 saturated heterocycles. The van der Waals surface area contributed by atoms with Gasteiger partial charge in [0.15, 0.2) is 0 Å². The van der Waals surface area contributed by atoms with Crippen molar-refractivity contribution >= 4 is 11.8 Å². The van der Waals surface area contributed by atoms with E-state index in [4.69, 9.17) is 0 Å². The molecule has 1 heterocycles. The van der Waals surface area contributed by atoms with Crippen molar-refractivity contribution < 1.29 is 0 Å². The Morgan fingerprint density at radius 2 is 1.50 bits per heavy atom. The van der Waals surface area contributed by atoms with Crippen molar-refractivity contribution in [1.82, 2.24) is 0 Å². The van der Waals surface area contributed by atoms with E-state index in [9.17, 15) is 0 Å². The highest BCUT2D eigenvalue weighted by Crippen LogP contribution is 2.61. The fourth-order valence-electron chi connectivity index (χ4n) is 3.94. The lowest BCUT2D eigenvalue weighted by molar-refractivity contribution is 0.371. The number of hydrogen-bond donors (Lipinski definition) is 0. The van der Waals surface area contributed by atoms with Crippen molar-refractivity contribution in [2.75, 3.05) is 11.5 Å². The summed E-state index contributed by atoms with van der Waals surface area (Å²) in [5.74, 6) is 6.77. The van der Waals surface area contributed by atoms with Gasteiger partial charge in [0, 0.05) is 0 Å². The van der Waals surface area contributed by atoms with Crippen LogP contribution in [0.4, 0.5) is 0 Å². The van der Waals surface area contributed by atoms with Gasteiger partial charge in [0.25, 0.3) is 0 Å². The molecule has 4 atom stereocenters. The third-order valence-corrected chi connectivity index (χ3v) is 5.71. The largest absolute Gasteiger partial charge is 0.161 e. The standard InChI is InChI=1S/C13H18S/c1-3-8-9(4-2)11-5-10(8)12-6-14-7-13(11)12/h3-4,10-13H,5-7H2,1-2H3/b8-3+,9-4?. The van der Waals surface area contributed by atoms with Crippen LogP contribution >= 0.6 is 11.8 Å². The SMILES string of the molecule is CC=C1/C(=C\C)C2CC1C1CSCC21. The highest BCUT2D eigenvalue weighted by atomic mass is 32.2. The fraction of sp³-hybridized carbons (Fsp3) is 0.692. The van der Waals surface area contributed by atoms with E-state index in [2.05, 4.69) is 37.8 Å². The van der Waals surface area contributed by atoms with Crippen molar-refractivity contribution in [3.63, 3.8) is 0 Å². The summed E-state index contributed by atoms with van der Waals surface area (Å²) in [6.45, 7) is 4.44. The molecule has 3 rings (SSSR count). The van der Waals surface area contributed by atoms with Crippen LogP contribution in [0, 0.1) is 23.7 Å². The van der Waals surface area contributed by atoms with Gasteiger partial charge in [0.05, 0.1) is 0 Å². The predicted molar refractivity (Wildman–Crippen MR) is 63.4 cm³/mol. The molecule has 4 unspecified atom stereocenters. The lowest BCUT2D eigenvalue weighted by Crippen LogP contribution is -2.23. The van der Waals surface area contributed by atoms with E-state index in [1.807, 2.05) is 0 Å². The van der Waals surface area contributed by atoms with Crippen molar-refractivity contribution in [3.8, 4) is 0 Å². The van der Waals surface area contributed by atoms with E-state index >= 15 is 0 Å². The molecule has 0 spiro atoms. The normalized spacial score (nSPS) is 50.7. The Morgan fingerprint density at radius 1 is 1.00 bits per heavy atom. The molecule has 0 nitrogen and oxygen atoms in total. The molecule has 1 heteroatoms. The van der Waals surface area contributed by atoms with Gasteiger partial charge in [-0.3, -0.25) is 0 Å². The maximum absolute atomic E-state index is 2.37. The zero-order chi connectivity index (χ0) is 9.71. The Labute approximate surface area is 90.8 Å². The highest BCUT2D eigenvalue weighted by Gasteiger charge is 2.53. The van der Waals surface area contributed by atoms with Gasteiger partial charge in [-0.1, -0.05) is 12.2 Å². The van der Waals surface area contributed by atoms with Crippen LogP contribution in [0.5, 0.6) is 0 Å². The lowest BCUT2D eigenvalue weighted by Gasteiger charge is -2.28. The van der Waals surface area contributed by atoms with Crippen LogP contribution in [0.2, 0.25) is 0 Å². The zero-order valence-electron chi connectivity index (χ0n) is 8.99. The number of allylic oxidation sites excluding steroid dienone is 4. The van der Waals surface area contributed by atoms with E-state index in [0.29, 0.717) is 0 Å². The van der Waals surface area contributed by atoms with Gasteiger partial charge in [-0.15, -0.1) is 0 Å². The predicted octanol–water partition coefficient (Wildman–Crippen LogP) is 3.51. The maximum Gasteiger partial charge on any atom is -0.00300 e. The van der Waals surface area contributed by atoms with Crippen LogP contribution < -0.4 is 0 Å². The molecule has 0 radical (unpaired) electrons. The minimum Gasteiger partial charge on any atom is -0.161 e. The van der Waals surface area contributed by atoms with Crippen molar-refractivity contribution in [3.05, 3.63) is 23.3 Å². The monoisotopic (exact) mass is 206 g/mol. The molecule has 3 fully saturated rings. The molecule has 3 aliphatic rings. The molecule has 0 aromatic rings. The summed E-state index contributed by atoms with van der Waals surface area (Å²) in [7, 11) is 0. The maximum atomic E-state index is 2.37. The fourth-order valence-corrected chi connectivity index (χ4v) is 5.58. The van der Waals surface area contributed by atoms with Crippen LogP contribution in [0.1, 0.15) is 20.3 Å². The molecule has 2 bridgehead atoms. The van der Waals surface area contributed by atoms with Crippen molar-refractivity contribution in [2.24, 2.45) is 23.7 Å². The molecule has 0 aromatic carbocycles. The van der Waals surface area contributed by atoms with Crippen LogP contribution in [0.25, 0.3) is 0 Å². The van der Waals surface area contributed by atoms with E-state index in [0.717, 1.165) is 23.7 Å². The topological polar surface area (TPSA) is 0 Å². The van der Waals surface area contributed by atoms with E-state index in [-0.39, 0.29) is 0 Å². The summed E-state index contributed by atoms with van der Waals surface area (Å²) in [6.07, 6.45) is 6.22. The molecule has 1 aliphatic heterocycles. The molecule has 0 amide bonds. The van der Waals surface area contributed by atoms with Crippen molar-refractivity contribution in [2.45, 2.75) is 20.3 Å². The summed E-state index contributed by atoms with van der Waals surface area (Å²) in [4.78, 5) is 0. The zero-order valence-corrected chi connectivity index (χ0v) is 9.81. The smallest absolute Gasteiger partial charge is 0.00300 e. The number of hydrogen-bond acceptors (Lipinski definition) is 1. The number of rotatable bonds is 0. The van der Waals surface area contributed by atoms with Gasteiger partial charge in [-0.2, -0.15) is 11.8 Å². The van der Waals surface area contributed by atoms with Gasteiger partial charge in [0.1, 0.15) is 0 Å². The second-order valence-electron chi connectivity index (χ2n) is 4.80. The second-order valence-corrected chi connectivity index (χ2v) is 5.88. The average molecular weight is 206 g/mol. The van der Waals surface area contributed by atoms with Crippen LogP contribution in [0.15, 0.2) is 23.3 Å². The van der Waals surface area contributed by atoms with Gasteiger partial charge in [-0.25, -0.2) is 0 Å². The molecule has 76 valence electrons. The Morgan fingerprint density at radius 3 is 1.93 bits per heavy atom. The van der Waals surface area contributed by atoms with Crippen LogP contribution in [0.3, 0.4) is 0 Å². The summed E-state index contributed by atoms with van der Waals surface area (Å²) in [5, 5.41) is 0. The third kappa shape index (κ3) is 0.970. The Balaban J connectivity index is 2.02. The molecular weight excluding hydrogens is 188 g/mol. The summed E-state index contributed by atoms with van der Waals surface area (Å²) in [6, 6.07) is 0. The van der Waals surface area contributed by atoms with Gasteiger partial charge >= 0.3 is 0 Å². The minimum atomic E-state index is 0.927.